The fourth-order valence-corrected chi connectivity index (χ4v) is 5.47. The molecule has 0 amide bonds. The number of carbonyl (C=O) groups is 2. The van der Waals surface area contributed by atoms with Crippen molar-refractivity contribution in [2.24, 2.45) is 5.73 Å². The molecule has 60 heavy (non-hydrogen) atoms. The first-order valence-electron chi connectivity index (χ1n) is 21.4. The highest BCUT2D eigenvalue weighted by Gasteiger charge is 2.25. The summed E-state index contributed by atoms with van der Waals surface area (Å²) < 4.78 is 32.6. The molecule has 3 atom stereocenters. The van der Waals surface area contributed by atoms with Gasteiger partial charge >= 0.3 is 19.8 Å². The quantitative estimate of drug-likeness (QED) is 0.0238. The van der Waals surface area contributed by atoms with E-state index in [2.05, 4.69) is 92.8 Å². The molecule has 0 aliphatic carbocycles. The number of ether oxygens (including phenoxy) is 2. The van der Waals surface area contributed by atoms with Crippen LogP contribution in [0.5, 0.6) is 0 Å². The first kappa shape index (κ1) is 55.9. The molecule has 4 N–H and O–H groups in total. The standard InChI is InChI=1S/C49H74NO9P/c1-3-5-7-8-9-10-11-12-13-14-15-16-17-20-23-26-29-32-36-40-48(52)56-44-47(45-58-60(54,55)57-43-42-50)59-49(53)41-37-33-30-27-24-21-18-19-22-25-28-31-35-39-46(51)38-34-6-4-2/h5-7,9-10,12-13,15-16,19-24,28-35,39,46-47,51H,3-4,8,11,14,17-18,25-27,36-38,40-45,50H2,1-2H3,(H,54,55)/b7-5-,10-9-,13-12-,16-15-,22-19-,23-20-,24-21-,31-28+,32-29-,33-30-,34-6-,39-35+/t46?,47-/m1/s1. The van der Waals surface area contributed by atoms with E-state index in [1.54, 1.807) is 6.08 Å². The highest BCUT2D eigenvalue weighted by molar-refractivity contribution is 7.47. The number of phosphoric ester groups is 1. The number of allylic oxidation sites excluding steroid dienone is 22. The second-order valence-electron chi connectivity index (χ2n) is 13.3. The zero-order valence-electron chi connectivity index (χ0n) is 36.2. The molecule has 334 valence electrons. The van der Waals surface area contributed by atoms with E-state index in [0.717, 1.165) is 57.8 Å². The smallest absolute Gasteiger partial charge is 0.462 e. The van der Waals surface area contributed by atoms with Gasteiger partial charge in [-0.2, -0.15) is 0 Å². The molecule has 0 spiro atoms. The van der Waals surface area contributed by atoms with Gasteiger partial charge in [-0.1, -0.05) is 160 Å². The van der Waals surface area contributed by atoms with Gasteiger partial charge < -0.3 is 25.2 Å². The van der Waals surface area contributed by atoms with E-state index in [9.17, 15) is 24.2 Å². The van der Waals surface area contributed by atoms with E-state index in [4.69, 9.17) is 24.3 Å². The summed E-state index contributed by atoms with van der Waals surface area (Å²) in [6, 6.07) is 0. The van der Waals surface area contributed by atoms with Gasteiger partial charge in [-0.3, -0.25) is 18.6 Å². The Labute approximate surface area is 361 Å². The minimum Gasteiger partial charge on any atom is -0.462 e. The van der Waals surface area contributed by atoms with Gasteiger partial charge in [0.15, 0.2) is 6.10 Å². The largest absolute Gasteiger partial charge is 0.472 e. The van der Waals surface area contributed by atoms with Crippen molar-refractivity contribution < 1.29 is 42.7 Å². The van der Waals surface area contributed by atoms with Crippen molar-refractivity contribution in [2.75, 3.05) is 26.4 Å². The van der Waals surface area contributed by atoms with Crippen LogP contribution < -0.4 is 5.73 Å². The number of aliphatic hydroxyl groups excluding tert-OH is 1. The van der Waals surface area contributed by atoms with Gasteiger partial charge in [-0.25, -0.2) is 4.57 Å². The molecule has 0 aromatic carbocycles. The summed E-state index contributed by atoms with van der Waals surface area (Å²) in [5.41, 5.74) is 5.33. The maximum Gasteiger partial charge on any atom is 0.472 e. The second-order valence-corrected chi connectivity index (χ2v) is 14.7. The topological polar surface area (TPSA) is 155 Å². The normalized spacial score (nSPS) is 15.2. The van der Waals surface area contributed by atoms with Crippen molar-refractivity contribution in [3.8, 4) is 0 Å². The Morgan fingerprint density at radius 2 is 1.00 bits per heavy atom. The summed E-state index contributed by atoms with van der Waals surface area (Å²) in [4.78, 5) is 34.8. The van der Waals surface area contributed by atoms with Crippen LogP contribution in [0, 0.1) is 0 Å². The van der Waals surface area contributed by atoms with Gasteiger partial charge in [-0.05, 0) is 83.5 Å². The lowest BCUT2D eigenvalue weighted by Crippen LogP contribution is -2.29. The molecule has 0 saturated heterocycles. The van der Waals surface area contributed by atoms with E-state index >= 15 is 0 Å². The number of carbonyl (C=O) groups excluding carboxylic acids is 2. The number of hydrogen-bond acceptors (Lipinski definition) is 9. The summed E-state index contributed by atoms with van der Waals surface area (Å²) in [6.45, 7) is 3.18. The predicted octanol–water partition coefficient (Wildman–Crippen LogP) is 11.5. The van der Waals surface area contributed by atoms with Crippen LogP contribution in [0.25, 0.3) is 0 Å². The monoisotopic (exact) mass is 852 g/mol. The van der Waals surface area contributed by atoms with Crippen LogP contribution in [0.15, 0.2) is 146 Å². The predicted molar refractivity (Wildman–Crippen MR) is 248 cm³/mol. The van der Waals surface area contributed by atoms with Crippen LogP contribution >= 0.6 is 7.82 Å². The number of nitrogens with two attached hydrogens (primary N) is 1. The second kappa shape index (κ2) is 43.0. The Kier molecular flexibility index (Phi) is 40.0. The molecule has 0 aromatic heterocycles. The fraction of sp³-hybridized carbons (Fsp3) is 0.469. The Hall–Kier alpha value is -4.15. The number of rotatable bonds is 37. The third-order valence-electron chi connectivity index (χ3n) is 7.83. The molecule has 0 fully saturated rings. The number of phosphoric acid groups is 1. The van der Waals surface area contributed by atoms with Crippen LogP contribution in [0.1, 0.15) is 110 Å². The molecular weight excluding hydrogens is 778 g/mol. The van der Waals surface area contributed by atoms with Crippen molar-refractivity contribution >= 4 is 19.8 Å². The van der Waals surface area contributed by atoms with Crippen LogP contribution in [0.2, 0.25) is 0 Å². The Balaban J connectivity index is 4.48. The van der Waals surface area contributed by atoms with Crippen LogP contribution in [0.4, 0.5) is 0 Å². The van der Waals surface area contributed by atoms with Gasteiger partial charge in [0.25, 0.3) is 0 Å². The van der Waals surface area contributed by atoms with Crippen molar-refractivity contribution in [3.05, 3.63) is 146 Å². The summed E-state index contributed by atoms with van der Waals surface area (Å²) in [7, 11) is -4.44. The van der Waals surface area contributed by atoms with Gasteiger partial charge in [0.1, 0.15) is 6.61 Å². The Morgan fingerprint density at radius 1 is 0.567 bits per heavy atom. The zero-order chi connectivity index (χ0) is 44.0. The van der Waals surface area contributed by atoms with Crippen molar-refractivity contribution in [1.29, 1.82) is 0 Å². The number of aliphatic hydroxyl groups is 1. The molecule has 11 heteroatoms. The highest BCUT2D eigenvalue weighted by atomic mass is 31.2. The van der Waals surface area contributed by atoms with E-state index in [0.29, 0.717) is 25.7 Å². The SMILES string of the molecule is CC/C=C\C/C=C\C/C=C\C/C=C\C/C=C\C/C=C\CCC(=O)OC[C@H](COP(=O)(O)OCCN)OC(=O)CC/C=C\C/C=C\C/C=C\C/C=C/C=C/C(O)C/C=C\CC. The zero-order valence-corrected chi connectivity index (χ0v) is 37.1. The van der Waals surface area contributed by atoms with Gasteiger partial charge in [0.2, 0.25) is 0 Å². The van der Waals surface area contributed by atoms with E-state index < -0.39 is 38.6 Å². The van der Waals surface area contributed by atoms with E-state index in [-0.39, 0.29) is 32.6 Å². The van der Waals surface area contributed by atoms with Crippen molar-refractivity contribution in [3.63, 3.8) is 0 Å². The molecule has 0 bridgehead atoms. The average molecular weight is 852 g/mol. The van der Waals surface area contributed by atoms with Crippen LogP contribution in [-0.4, -0.2) is 60.5 Å². The minimum absolute atomic E-state index is 0.0166. The third-order valence-corrected chi connectivity index (χ3v) is 8.81. The molecule has 0 heterocycles. The van der Waals surface area contributed by atoms with E-state index in [1.807, 2.05) is 60.8 Å². The molecule has 0 aromatic rings. The van der Waals surface area contributed by atoms with Crippen molar-refractivity contribution in [2.45, 2.75) is 122 Å². The maximum atomic E-state index is 12.6. The maximum absolute atomic E-state index is 12.6. The van der Waals surface area contributed by atoms with E-state index in [1.165, 1.54) is 0 Å². The lowest BCUT2D eigenvalue weighted by Gasteiger charge is -2.19. The summed E-state index contributed by atoms with van der Waals surface area (Å²) in [5, 5.41) is 9.84. The molecule has 10 nitrogen and oxygen atoms in total. The fourth-order valence-electron chi connectivity index (χ4n) is 4.71. The van der Waals surface area contributed by atoms with Gasteiger partial charge in [0, 0.05) is 19.4 Å². The Bertz CT molecular complexity index is 1500. The lowest BCUT2D eigenvalue weighted by molar-refractivity contribution is -0.161. The number of esters is 2. The summed E-state index contributed by atoms with van der Waals surface area (Å²) >= 11 is 0. The van der Waals surface area contributed by atoms with Gasteiger partial charge in [0.05, 0.1) is 19.3 Å². The number of hydrogen-bond donors (Lipinski definition) is 3. The van der Waals surface area contributed by atoms with Gasteiger partial charge in [-0.15, -0.1) is 0 Å². The molecule has 0 aliphatic heterocycles. The molecule has 0 saturated carbocycles. The van der Waals surface area contributed by atoms with Crippen LogP contribution in [0.3, 0.4) is 0 Å². The summed E-state index contributed by atoms with van der Waals surface area (Å²) in [5.74, 6) is -1.06. The molecular formula is C49H74NO9P. The first-order chi connectivity index (χ1) is 29.2. The molecule has 0 radical (unpaired) electrons. The Morgan fingerprint density at radius 3 is 1.48 bits per heavy atom. The minimum atomic E-state index is -4.44. The molecule has 0 aliphatic rings. The highest BCUT2D eigenvalue weighted by Crippen LogP contribution is 2.43. The average Bonchev–Trinajstić information content (AvgIpc) is 3.23. The van der Waals surface area contributed by atoms with Crippen molar-refractivity contribution in [1.82, 2.24) is 0 Å². The molecule has 2 unspecified atom stereocenters. The van der Waals surface area contributed by atoms with Crippen LogP contribution in [-0.2, 0) is 32.7 Å². The third kappa shape index (κ3) is 42.0. The first-order valence-corrected chi connectivity index (χ1v) is 22.9. The lowest BCUT2D eigenvalue weighted by atomic mass is 10.2. The molecule has 0 rings (SSSR count). The summed E-state index contributed by atoms with van der Waals surface area (Å²) in [6.07, 6.45) is 58.1.